The van der Waals surface area contributed by atoms with E-state index in [0.29, 0.717) is 24.7 Å². The molecule has 3 heterocycles. The Kier molecular flexibility index (Phi) is 5.17. The molecule has 9 heteroatoms. The summed E-state index contributed by atoms with van der Waals surface area (Å²) in [5.41, 5.74) is -0.0603. The summed E-state index contributed by atoms with van der Waals surface area (Å²) < 4.78 is 12.2. The second-order valence-corrected chi connectivity index (χ2v) is 6.63. The fourth-order valence-electron chi connectivity index (χ4n) is 3.14. The molecule has 2 unspecified atom stereocenters. The monoisotopic (exact) mass is 361 g/mol. The summed E-state index contributed by atoms with van der Waals surface area (Å²) in [7, 11) is 0. The number of rotatable bonds is 4. The Morgan fingerprint density at radius 2 is 1.96 bits per heavy atom. The lowest BCUT2D eigenvalue weighted by Gasteiger charge is -2.35. The van der Waals surface area contributed by atoms with E-state index in [4.69, 9.17) is 9.26 Å². The van der Waals surface area contributed by atoms with Gasteiger partial charge in [-0.3, -0.25) is 14.2 Å². The van der Waals surface area contributed by atoms with Crippen LogP contribution < -0.4 is 5.56 Å². The zero-order chi connectivity index (χ0) is 18.8. The summed E-state index contributed by atoms with van der Waals surface area (Å²) in [5, 5.41) is 3.70. The van der Waals surface area contributed by atoms with Crippen molar-refractivity contribution in [3.63, 3.8) is 0 Å². The number of nitrogens with zero attached hydrogens (tertiary/aromatic N) is 5. The first-order valence-corrected chi connectivity index (χ1v) is 8.65. The molecule has 0 saturated carbocycles. The normalized spacial score (nSPS) is 20.4. The van der Waals surface area contributed by atoms with Crippen LogP contribution in [0.15, 0.2) is 15.5 Å². The number of aromatic nitrogens is 4. The summed E-state index contributed by atoms with van der Waals surface area (Å²) in [4.78, 5) is 35.4. The second-order valence-electron chi connectivity index (χ2n) is 6.63. The molecule has 1 amide bonds. The van der Waals surface area contributed by atoms with E-state index in [9.17, 15) is 9.59 Å². The Morgan fingerprint density at radius 3 is 2.58 bits per heavy atom. The first-order valence-electron chi connectivity index (χ1n) is 8.65. The third-order valence-electron chi connectivity index (χ3n) is 4.33. The third-order valence-corrected chi connectivity index (χ3v) is 4.33. The predicted molar refractivity (Wildman–Crippen MR) is 92.5 cm³/mol. The summed E-state index contributed by atoms with van der Waals surface area (Å²) in [6.07, 6.45) is 1.67. The van der Waals surface area contributed by atoms with Crippen molar-refractivity contribution in [3.05, 3.63) is 28.2 Å². The molecule has 2 aromatic rings. The van der Waals surface area contributed by atoms with Crippen LogP contribution in [0.5, 0.6) is 0 Å². The fraction of sp³-hybridized carbons (Fsp3) is 0.588. The highest BCUT2D eigenvalue weighted by molar-refractivity contribution is 5.76. The maximum Gasteiger partial charge on any atom is 0.266 e. The maximum atomic E-state index is 12.7. The Bertz CT molecular complexity index is 849. The standard InChI is InChI=1S/C17H23N5O4/c1-10-8-21(9-11(2)25-10)15(23)5-6-22-13(4)18-7-14(17(22)24)16-19-12(3)20-26-16/h7,10-11H,5-6,8-9H2,1-4H3. The quantitative estimate of drug-likeness (QED) is 0.798. The molecule has 0 spiro atoms. The molecule has 0 bridgehead atoms. The lowest BCUT2D eigenvalue weighted by Crippen LogP contribution is -2.48. The highest BCUT2D eigenvalue weighted by Gasteiger charge is 2.26. The minimum Gasteiger partial charge on any atom is -0.372 e. The topological polar surface area (TPSA) is 103 Å². The van der Waals surface area contributed by atoms with Crippen molar-refractivity contribution >= 4 is 5.91 Å². The Labute approximate surface area is 151 Å². The van der Waals surface area contributed by atoms with Crippen molar-refractivity contribution in [1.82, 2.24) is 24.6 Å². The molecule has 3 rings (SSSR count). The molecule has 1 aliphatic rings. The second kappa shape index (κ2) is 7.36. The fourth-order valence-corrected chi connectivity index (χ4v) is 3.14. The van der Waals surface area contributed by atoms with Gasteiger partial charge in [0.1, 0.15) is 11.4 Å². The van der Waals surface area contributed by atoms with Crippen molar-refractivity contribution in [2.45, 2.75) is 52.9 Å². The number of carbonyl (C=O) groups excluding carboxylic acids is 1. The molecule has 2 atom stereocenters. The molecular formula is C17H23N5O4. The van der Waals surface area contributed by atoms with Crippen LogP contribution in [0.1, 0.15) is 31.9 Å². The first-order chi connectivity index (χ1) is 12.3. The molecule has 0 aliphatic carbocycles. The van der Waals surface area contributed by atoms with Crippen LogP contribution in [0.4, 0.5) is 0 Å². The molecule has 0 radical (unpaired) electrons. The van der Waals surface area contributed by atoms with E-state index in [1.165, 1.54) is 10.8 Å². The minimum atomic E-state index is -0.294. The number of morpholine rings is 1. The van der Waals surface area contributed by atoms with Crippen LogP contribution in [-0.2, 0) is 16.1 Å². The Hall–Kier alpha value is -2.55. The molecule has 9 nitrogen and oxygen atoms in total. The van der Waals surface area contributed by atoms with Crippen molar-refractivity contribution in [2.24, 2.45) is 0 Å². The van der Waals surface area contributed by atoms with E-state index in [0.717, 1.165) is 0 Å². The molecule has 0 N–H and O–H groups in total. The van der Waals surface area contributed by atoms with Gasteiger partial charge in [-0.1, -0.05) is 5.16 Å². The largest absolute Gasteiger partial charge is 0.372 e. The van der Waals surface area contributed by atoms with Gasteiger partial charge in [-0.15, -0.1) is 0 Å². The number of aryl methyl sites for hydroxylation is 2. The SMILES string of the molecule is Cc1noc(-c2cnc(C)n(CCC(=O)N3CC(C)OC(C)C3)c2=O)n1. The number of amides is 1. The number of hydrogen-bond acceptors (Lipinski definition) is 7. The summed E-state index contributed by atoms with van der Waals surface area (Å²) in [6, 6.07) is 0. The first kappa shape index (κ1) is 18.2. The van der Waals surface area contributed by atoms with Gasteiger partial charge in [0.15, 0.2) is 5.82 Å². The Balaban J connectivity index is 1.75. The van der Waals surface area contributed by atoms with E-state index in [2.05, 4.69) is 15.1 Å². The van der Waals surface area contributed by atoms with Crippen molar-refractivity contribution in [1.29, 1.82) is 0 Å². The highest BCUT2D eigenvalue weighted by Crippen LogP contribution is 2.14. The van der Waals surface area contributed by atoms with Gasteiger partial charge in [0.25, 0.3) is 11.4 Å². The molecular weight excluding hydrogens is 338 g/mol. The zero-order valence-corrected chi connectivity index (χ0v) is 15.4. The average molecular weight is 361 g/mol. The van der Waals surface area contributed by atoms with Crippen LogP contribution in [0.25, 0.3) is 11.5 Å². The summed E-state index contributed by atoms with van der Waals surface area (Å²) >= 11 is 0. The number of carbonyl (C=O) groups is 1. The predicted octanol–water partition coefficient (Wildman–Crippen LogP) is 0.936. The molecule has 2 aromatic heterocycles. The van der Waals surface area contributed by atoms with Crippen LogP contribution in [0, 0.1) is 13.8 Å². The van der Waals surface area contributed by atoms with Gasteiger partial charge in [-0.25, -0.2) is 4.98 Å². The minimum absolute atomic E-state index is 0.00247. The lowest BCUT2D eigenvalue weighted by atomic mass is 10.2. The van der Waals surface area contributed by atoms with Gasteiger partial charge < -0.3 is 14.2 Å². The number of hydrogen-bond donors (Lipinski definition) is 0. The smallest absolute Gasteiger partial charge is 0.266 e. The molecule has 1 aliphatic heterocycles. The van der Waals surface area contributed by atoms with Gasteiger partial charge in [-0.05, 0) is 27.7 Å². The van der Waals surface area contributed by atoms with Gasteiger partial charge in [0.2, 0.25) is 5.91 Å². The maximum absolute atomic E-state index is 12.7. The summed E-state index contributed by atoms with van der Waals surface area (Å²) in [5.74, 6) is 1.11. The van der Waals surface area contributed by atoms with Gasteiger partial charge in [0.05, 0.1) is 12.2 Å². The van der Waals surface area contributed by atoms with E-state index in [1.54, 1.807) is 18.7 Å². The zero-order valence-electron chi connectivity index (χ0n) is 15.4. The van der Waals surface area contributed by atoms with Crippen LogP contribution in [-0.4, -0.2) is 55.8 Å². The van der Waals surface area contributed by atoms with Gasteiger partial charge in [-0.2, -0.15) is 4.98 Å². The molecule has 1 saturated heterocycles. The van der Waals surface area contributed by atoms with Crippen LogP contribution >= 0.6 is 0 Å². The summed E-state index contributed by atoms with van der Waals surface area (Å²) in [6.45, 7) is 8.68. The van der Waals surface area contributed by atoms with Gasteiger partial charge >= 0.3 is 0 Å². The van der Waals surface area contributed by atoms with Crippen molar-refractivity contribution in [3.8, 4) is 11.5 Å². The van der Waals surface area contributed by atoms with Crippen LogP contribution in [0.3, 0.4) is 0 Å². The molecule has 26 heavy (non-hydrogen) atoms. The van der Waals surface area contributed by atoms with E-state index in [1.807, 2.05) is 13.8 Å². The van der Waals surface area contributed by atoms with E-state index >= 15 is 0 Å². The third kappa shape index (κ3) is 3.82. The van der Waals surface area contributed by atoms with Crippen LogP contribution in [0.2, 0.25) is 0 Å². The van der Waals surface area contributed by atoms with E-state index < -0.39 is 0 Å². The van der Waals surface area contributed by atoms with Crippen molar-refractivity contribution < 1.29 is 14.1 Å². The van der Waals surface area contributed by atoms with E-state index in [-0.39, 0.29) is 48.1 Å². The Morgan fingerprint density at radius 1 is 1.27 bits per heavy atom. The molecule has 1 fully saturated rings. The average Bonchev–Trinajstić information content (AvgIpc) is 2.99. The molecule has 0 aromatic carbocycles. The number of ether oxygens (including phenoxy) is 1. The lowest BCUT2D eigenvalue weighted by molar-refractivity contribution is -0.143. The van der Waals surface area contributed by atoms with Crippen molar-refractivity contribution in [2.75, 3.05) is 13.1 Å². The molecule has 140 valence electrons. The highest BCUT2D eigenvalue weighted by atomic mass is 16.5. The van der Waals surface area contributed by atoms with Gasteiger partial charge in [0, 0.05) is 32.3 Å².